The summed E-state index contributed by atoms with van der Waals surface area (Å²) in [6.07, 6.45) is 0.319. The lowest BCUT2D eigenvalue weighted by atomic mass is 10.1. The van der Waals surface area contributed by atoms with E-state index in [-0.39, 0.29) is 11.5 Å². The molecule has 0 aliphatic heterocycles. The van der Waals surface area contributed by atoms with Crippen molar-refractivity contribution in [3.8, 4) is 0 Å². The lowest BCUT2D eigenvalue weighted by Gasteiger charge is -2.06. The molecule has 0 bridgehead atoms. The third kappa shape index (κ3) is 6.22. The fourth-order valence-corrected chi connectivity index (χ4v) is 2.05. The normalized spacial score (nSPS) is 11.9. The predicted molar refractivity (Wildman–Crippen MR) is 98.3 cm³/mol. The second-order valence-electron chi connectivity index (χ2n) is 5.41. The van der Waals surface area contributed by atoms with Crippen LogP contribution in [0, 0.1) is 0 Å². The number of benzene rings is 2. The molecule has 2 aromatic rings. The van der Waals surface area contributed by atoms with Gasteiger partial charge in [-0.25, -0.2) is 0 Å². The number of hydrogen-bond acceptors (Lipinski definition) is 5. The lowest BCUT2D eigenvalue weighted by Crippen LogP contribution is -2.22. The predicted octanol–water partition coefficient (Wildman–Crippen LogP) is 4.13. The summed E-state index contributed by atoms with van der Waals surface area (Å²) in [5, 5.41) is 7.97. The van der Waals surface area contributed by atoms with Crippen molar-refractivity contribution < 1.29 is 14.5 Å². The third-order valence-electron chi connectivity index (χ3n) is 3.43. The first-order valence-electron chi connectivity index (χ1n) is 8.18. The topological polar surface area (TPSA) is 60.2 Å². The monoisotopic (exact) mass is 338 g/mol. The number of hydrogen-bond donors (Lipinski definition) is 0. The molecule has 25 heavy (non-hydrogen) atoms. The molecule has 0 unspecified atom stereocenters. The molecule has 2 rings (SSSR count). The average molecular weight is 338 g/mol. The number of carbonyl (C=O) groups excluding carboxylic acids is 1. The van der Waals surface area contributed by atoms with Crippen LogP contribution in [0.3, 0.4) is 0 Å². The van der Waals surface area contributed by atoms with Gasteiger partial charge in [-0.3, -0.25) is 4.79 Å². The van der Waals surface area contributed by atoms with Crippen molar-refractivity contribution in [3.63, 3.8) is 0 Å². The fraction of sp³-hybridized carbons (Fsp3) is 0.250. The Morgan fingerprint density at radius 2 is 1.32 bits per heavy atom. The molecule has 5 nitrogen and oxygen atoms in total. The number of oxime groups is 2. The van der Waals surface area contributed by atoms with Gasteiger partial charge in [0.1, 0.15) is 18.9 Å². The Bertz CT molecular complexity index is 725. The van der Waals surface area contributed by atoms with Crippen molar-refractivity contribution in [3.05, 3.63) is 71.8 Å². The molecule has 0 aromatic heterocycles. The first kappa shape index (κ1) is 18.4. The van der Waals surface area contributed by atoms with Crippen molar-refractivity contribution in [1.82, 2.24) is 0 Å². The van der Waals surface area contributed by atoms with Crippen molar-refractivity contribution >= 4 is 17.2 Å². The van der Waals surface area contributed by atoms with E-state index in [1.54, 1.807) is 13.8 Å². The van der Waals surface area contributed by atoms with E-state index in [0.717, 1.165) is 11.1 Å². The molecule has 5 heteroatoms. The highest BCUT2D eigenvalue weighted by Crippen LogP contribution is 2.04. The summed E-state index contributed by atoms with van der Waals surface area (Å²) in [6, 6.07) is 19.3. The molecule has 0 saturated carbocycles. The molecule has 0 amide bonds. The van der Waals surface area contributed by atoms with E-state index >= 15 is 0 Å². The third-order valence-corrected chi connectivity index (χ3v) is 3.43. The molecule has 130 valence electrons. The van der Waals surface area contributed by atoms with E-state index in [4.69, 9.17) is 9.68 Å². The van der Waals surface area contributed by atoms with E-state index in [2.05, 4.69) is 10.3 Å². The van der Waals surface area contributed by atoms with Crippen LogP contribution >= 0.6 is 0 Å². The Hall–Kier alpha value is -2.95. The first-order chi connectivity index (χ1) is 12.2. The summed E-state index contributed by atoms with van der Waals surface area (Å²) in [5.41, 5.74) is 2.56. The van der Waals surface area contributed by atoms with E-state index in [9.17, 15) is 4.79 Å². The van der Waals surface area contributed by atoms with E-state index in [1.165, 1.54) is 0 Å². The molecule has 0 radical (unpaired) electrons. The average Bonchev–Trinajstić information content (AvgIpc) is 2.66. The van der Waals surface area contributed by atoms with Crippen LogP contribution in [0.15, 0.2) is 71.0 Å². The zero-order chi connectivity index (χ0) is 17.9. The molecule has 0 saturated heterocycles. The first-order valence-corrected chi connectivity index (χ1v) is 8.18. The zero-order valence-electron chi connectivity index (χ0n) is 14.5. The van der Waals surface area contributed by atoms with E-state index < -0.39 is 0 Å². The Morgan fingerprint density at radius 1 is 0.840 bits per heavy atom. The molecule has 0 aliphatic carbocycles. The second-order valence-corrected chi connectivity index (χ2v) is 5.41. The van der Waals surface area contributed by atoms with Gasteiger partial charge in [-0.15, -0.1) is 0 Å². The van der Waals surface area contributed by atoms with Gasteiger partial charge < -0.3 is 9.68 Å². The number of Topliss-reactive ketones (excluding diaryl/α,β-unsaturated/α-hetero) is 1. The van der Waals surface area contributed by atoms with E-state index in [1.807, 2.05) is 60.7 Å². The Labute approximate surface area is 147 Å². The highest BCUT2D eigenvalue weighted by atomic mass is 16.6. The Kier molecular flexibility index (Phi) is 7.38. The second kappa shape index (κ2) is 10.0. The molecule has 0 aliphatic rings. The van der Waals surface area contributed by atoms with Crippen LogP contribution in [0.1, 0.15) is 31.4 Å². The smallest absolute Gasteiger partial charge is 0.186 e. The van der Waals surface area contributed by atoms with Crippen LogP contribution in [0.4, 0.5) is 0 Å². The van der Waals surface area contributed by atoms with Crippen molar-refractivity contribution in [1.29, 1.82) is 0 Å². The summed E-state index contributed by atoms with van der Waals surface area (Å²) in [5.74, 6) is -0.141. The van der Waals surface area contributed by atoms with Gasteiger partial charge in [-0.2, -0.15) is 0 Å². The molecular formula is C20H22N2O3. The van der Waals surface area contributed by atoms with Gasteiger partial charge in [-0.1, -0.05) is 77.9 Å². The maximum absolute atomic E-state index is 12.1. The van der Waals surface area contributed by atoms with Crippen LogP contribution in [0.2, 0.25) is 0 Å². The largest absolute Gasteiger partial charge is 0.391 e. The van der Waals surface area contributed by atoms with Crippen LogP contribution in [-0.2, 0) is 27.7 Å². The van der Waals surface area contributed by atoms with Gasteiger partial charge in [0.15, 0.2) is 11.5 Å². The van der Waals surface area contributed by atoms with Crippen LogP contribution < -0.4 is 0 Å². The molecule has 0 heterocycles. The molecular weight excluding hydrogens is 316 g/mol. The zero-order valence-corrected chi connectivity index (χ0v) is 14.5. The maximum atomic E-state index is 12.1. The standard InChI is InChI=1S/C20H22N2O3/c1-3-19(23)20(22-25-15-18-12-8-5-9-13-18)16(2)21-24-14-17-10-6-4-7-11-17/h4-13H,3,14-15H2,1-2H3/b21-16+,22-20-. The molecule has 2 aromatic carbocycles. The van der Waals surface area contributed by atoms with Gasteiger partial charge in [0, 0.05) is 6.42 Å². The van der Waals surface area contributed by atoms with E-state index in [0.29, 0.717) is 25.3 Å². The Morgan fingerprint density at radius 3 is 1.80 bits per heavy atom. The van der Waals surface area contributed by atoms with Crippen LogP contribution in [-0.4, -0.2) is 17.2 Å². The van der Waals surface area contributed by atoms with Gasteiger partial charge in [0.2, 0.25) is 0 Å². The summed E-state index contributed by atoms with van der Waals surface area (Å²) in [7, 11) is 0. The molecule has 0 N–H and O–H groups in total. The fourth-order valence-electron chi connectivity index (χ4n) is 2.05. The van der Waals surface area contributed by atoms with Gasteiger partial charge in [0.05, 0.1) is 0 Å². The number of carbonyl (C=O) groups is 1. The SMILES string of the molecule is CCC(=O)C(=N\OCc1ccccc1)/C(C)=N/OCc1ccccc1. The molecule has 0 atom stereocenters. The van der Waals surface area contributed by atoms with Gasteiger partial charge >= 0.3 is 0 Å². The number of ketones is 1. The minimum Gasteiger partial charge on any atom is -0.391 e. The Balaban J connectivity index is 1.98. The lowest BCUT2D eigenvalue weighted by molar-refractivity contribution is -0.112. The van der Waals surface area contributed by atoms with Crippen molar-refractivity contribution in [2.75, 3.05) is 0 Å². The minimum atomic E-state index is -0.141. The summed E-state index contributed by atoms with van der Waals surface area (Å²) in [4.78, 5) is 22.7. The highest BCUT2D eigenvalue weighted by molar-refractivity contribution is 6.66. The molecule has 0 fully saturated rings. The van der Waals surface area contributed by atoms with Crippen LogP contribution in [0.5, 0.6) is 0 Å². The number of rotatable bonds is 9. The van der Waals surface area contributed by atoms with Crippen molar-refractivity contribution in [2.45, 2.75) is 33.5 Å². The summed E-state index contributed by atoms with van der Waals surface area (Å²) >= 11 is 0. The quantitative estimate of drug-likeness (QED) is 0.510. The van der Waals surface area contributed by atoms with Crippen LogP contribution in [0.25, 0.3) is 0 Å². The number of nitrogens with zero attached hydrogens (tertiary/aromatic N) is 2. The highest BCUT2D eigenvalue weighted by Gasteiger charge is 2.15. The maximum Gasteiger partial charge on any atom is 0.186 e. The minimum absolute atomic E-state index is 0.141. The summed E-state index contributed by atoms with van der Waals surface area (Å²) in [6.45, 7) is 4.08. The summed E-state index contributed by atoms with van der Waals surface area (Å²) < 4.78 is 0. The van der Waals surface area contributed by atoms with Gasteiger partial charge in [0.25, 0.3) is 0 Å². The van der Waals surface area contributed by atoms with Gasteiger partial charge in [-0.05, 0) is 18.1 Å². The van der Waals surface area contributed by atoms with Crippen molar-refractivity contribution in [2.24, 2.45) is 10.3 Å². The molecule has 0 spiro atoms.